The van der Waals surface area contributed by atoms with E-state index >= 15 is 0 Å². The molecule has 2 N–H and O–H groups in total. The van der Waals surface area contributed by atoms with Crippen molar-refractivity contribution < 1.29 is 18.4 Å². The largest absolute Gasteiger partial charge is 0.325 e. The molecule has 0 unspecified atom stereocenters. The molecule has 26 heavy (non-hydrogen) atoms. The number of carbonyl (C=O) groups is 2. The third-order valence-corrected chi connectivity index (χ3v) is 4.63. The molecule has 2 aromatic rings. The van der Waals surface area contributed by atoms with Crippen LogP contribution in [0.3, 0.4) is 0 Å². The molecule has 1 aliphatic carbocycles. The Labute approximate surface area is 150 Å². The van der Waals surface area contributed by atoms with E-state index in [9.17, 15) is 18.4 Å². The first kappa shape index (κ1) is 18.0. The van der Waals surface area contributed by atoms with Crippen LogP contribution < -0.4 is 10.6 Å². The molecule has 0 aliphatic heterocycles. The van der Waals surface area contributed by atoms with Crippen molar-refractivity contribution in [3.05, 3.63) is 59.7 Å². The van der Waals surface area contributed by atoms with E-state index in [1.807, 2.05) is 32.0 Å². The first-order chi connectivity index (χ1) is 12.3. The van der Waals surface area contributed by atoms with Gasteiger partial charge < -0.3 is 10.6 Å². The maximum atomic E-state index is 13.3. The Morgan fingerprint density at radius 3 is 2.23 bits per heavy atom. The Hall–Kier alpha value is -2.76. The fourth-order valence-corrected chi connectivity index (χ4v) is 2.86. The molecular formula is C20H20F2N2O2. The van der Waals surface area contributed by atoms with Crippen LogP contribution in [0.5, 0.6) is 0 Å². The minimum atomic E-state index is -1.17. The summed E-state index contributed by atoms with van der Waals surface area (Å²) in [6, 6.07) is 10.5. The average Bonchev–Trinajstić information content (AvgIpc) is 3.40. The van der Waals surface area contributed by atoms with Gasteiger partial charge in [0.1, 0.15) is 5.41 Å². The molecule has 0 radical (unpaired) electrons. The van der Waals surface area contributed by atoms with Crippen LogP contribution in [0.25, 0.3) is 0 Å². The highest BCUT2D eigenvalue weighted by molar-refractivity contribution is 6.17. The molecule has 0 heterocycles. The second-order valence-electron chi connectivity index (χ2n) is 6.86. The fourth-order valence-electron chi connectivity index (χ4n) is 2.86. The summed E-state index contributed by atoms with van der Waals surface area (Å²) in [5, 5.41) is 5.36. The molecule has 0 atom stereocenters. The van der Waals surface area contributed by atoms with Crippen LogP contribution in [0.1, 0.15) is 38.2 Å². The van der Waals surface area contributed by atoms with E-state index in [4.69, 9.17) is 0 Å². The van der Waals surface area contributed by atoms with Crippen LogP contribution in [0, 0.1) is 17.0 Å². The van der Waals surface area contributed by atoms with E-state index in [2.05, 4.69) is 10.6 Å². The van der Waals surface area contributed by atoms with Gasteiger partial charge in [0, 0.05) is 17.4 Å². The summed E-state index contributed by atoms with van der Waals surface area (Å²) < 4.78 is 26.3. The van der Waals surface area contributed by atoms with E-state index < -0.39 is 23.0 Å². The Bertz CT molecular complexity index is 861. The van der Waals surface area contributed by atoms with Crippen LogP contribution in [0.4, 0.5) is 20.2 Å². The molecule has 0 aromatic heterocycles. The molecular weight excluding hydrogens is 338 g/mol. The number of benzene rings is 2. The third-order valence-electron chi connectivity index (χ3n) is 4.63. The molecule has 1 aliphatic rings. The van der Waals surface area contributed by atoms with Crippen molar-refractivity contribution in [3.63, 3.8) is 0 Å². The predicted molar refractivity (Wildman–Crippen MR) is 95.8 cm³/mol. The lowest BCUT2D eigenvalue weighted by atomic mass is 9.99. The van der Waals surface area contributed by atoms with Gasteiger partial charge in [-0.15, -0.1) is 0 Å². The molecule has 1 fully saturated rings. The zero-order valence-electron chi connectivity index (χ0n) is 14.6. The molecule has 6 heteroatoms. The molecule has 2 amide bonds. The number of para-hydroxylation sites is 1. The molecule has 3 rings (SSSR count). The average molecular weight is 358 g/mol. The lowest BCUT2D eigenvalue weighted by molar-refractivity contribution is -0.131. The van der Waals surface area contributed by atoms with Crippen LogP contribution in [-0.2, 0) is 9.59 Å². The van der Waals surface area contributed by atoms with E-state index in [1.165, 1.54) is 6.07 Å². The number of nitrogens with one attached hydrogen (secondary N) is 2. The van der Waals surface area contributed by atoms with Crippen LogP contribution >= 0.6 is 0 Å². The van der Waals surface area contributed by atoms with Gasteiger partial charge in [-0.05, 0) is 42.5 Å². The quantitative estimate of drug-likeness (QED) is 0.776. The van der Waals surface area contributed by atoms with Gasteiger partial charge in [-0.3, -0.25) is 9.59 Å². The van der Waals surface area contributed by atoms with E-state index in [0.29, 0.717) is 18.5 Å². The minimum absolute atomic E-state index is 0.121. The zero-order chi connectivity index (χ0) is 18.9. The summed E-state index contributed by atoms with van der Waals surface area (Å²) in [7, 11) is 0. The number of anilines is 2. The number of rotatable bonds is 5. The summed E-state index contributed by atoms with van der Waals surface area (Å²) in [5.74, 6) is -2.72. The summed E-state index contributed by atoms with van der Waals surface area (Å²) >= 11 is 0. The lowest BCUT2D eigenvalue weighted by Gasteiger charge is -2.18. The smallest absolute Gasteiger partial charge is 0.240 e. The van der Waals surface area contributed by atoms with Crippen LogP contribution in [0.15, 0.2) is 42.5 Å². The highest BCUT2D eigenvalue weighted by Crippen LogP contribution is 2.47. The topological polar surface area (TPSA) is 58.2 Å². The Morgan fingerprint density at radius 2 is 1.62 bits per heavy atom. The van der Waals surface area contributed by atoms with Crippen molar-refractivity contribution in [2.45, 2.75) is 32.6 Å². The molecule has 0 saturated heterocycles. The fraction of sp³-hybridized carbons (Fsp3) is 0.300. The van der Waals surface area contributed by atoms with Crippen molar-refractivity contribution in [2.24, 2.45) is 5.41 Å². The summed E-state index contributed by atoms with van der Waals surface area (Å²) in [4.78, 5) is 25.3. The zero-order valence-corrected chi connectivity index (χ0v) is 14.6. The molecule has 0 bridgehead atoms. The van der Waals surface area contributed by atoms with Gasteiger partial charge in [-0.25, -0.2) is 8.78 Å². The molecule has 2 aromatic carbocycles. The number of hydrogen-bond acceptors (Lipinski definition) is 2. The van der Waals surface area contributed by atoms with Crippen molar-refractivity contribution in [1.29, 1.82) is 0 Å². The maximum absolute atomic E-state index is 13.3. The van der Waals surface area contributed by atoms with E-state index in [0.717, 1.165) is 17.7 Å². The van der Waals surface area contributed by atoms with Gasteiger partial charge in [-0.2, -0.15) is 0 Å². The van der Waals surface area contributed by atoms with Gasteiger partial charge in [0.05, 0.1) is 0 Å². The Balaban J connectivity index is 1.75. The summed E-state index contributed by atoms with van der Waals surface area (Å²) in [6.07, 6.45) is 0.830. The van der Waals surface area contributed by atoms with Gasteiger partial charge in [0.15, 0.2) is 11.6 Å². The predicted octanol–water partition coefficient (Wildman–Crippen LogP) is 4.45. The molecule has 4 nitrogen and oxygen atoms in total. The monoisotopic (exact) mass is 358 g/mol. The van der Waals surface area contributed by atoms with Crippen molar-refractivity contribution >= 4 is 23.2 Å². The number of amides is 2. The highest BCUT2D eigenvalue weighted by Gasteiger charge is 2.56. The van der Waals surface area contributed by atoms with Crippen molar-refractivity contribution in [1.82, 2.24) is 0 Å². The second-order valence-corrected chi connectivity index (χ2v) is 6.86. The number of halogens is 2. The van der Waals surface area contributed by atoms with Crippen LogP contribution in [-0.4, -0.2) is 11.8 Å². The Morgan fingerprint density at radius 1 is 0.962 bits per heavy atom. The van der Waals surface area contributed by atoms with Gasteiger partial charge in [-0.1, -0.05) is 32.0 Å². The SMILES string of the molecule is CC(C)c1ccccc1NC(=O)C1(C(=O)Nc2ccc(F)c(F)c2)CC1. The minimum Gasteiger partial charge on any atom is -0.325 e. The molecule has 0 spiro atoms. The van der Waals surface area contributed by atoms with E-state index in [1.54, 1.807) is 6.07 Å². The third kappa shape index (κ3) is 3.45. The summed E-state index contributed by atoms with van der Waals surface area (Å²) in [6.45, 7) is 4.04. The second kappa shape index (κ2) is 6.86. The number of carbonyl (C=O) groups excluding carboxylic acids is 2. The first-order valence-corrected chi connectivity index (χ1v) is 8.50. The molecule has 136 valence electrons. The van der Waals surface area contributed by atoms with Gasteiger partial charge >= 0.3 is 0 Å². The van der Waals surface area contributed by atoms with E-state index in [-0.39, 0.29) is 17.5 Å². The summed E-state index contributed by atoms with van der Waals surface area (Å²) in [5.41, 5.74) is 0.613. The first-order valence-electron chi connectivity index (χ1n) is 8.50. The van der Waals surface area contributed by atoms with Gasteiger partial charge in [0.25, 0.3) is 0 Å². The van der Waals surface area contributed by atoms with Crippen LogP contribution in [0.2, 0.25) is 0 Å². The Kier molecular flexibility index (Phi) is 4.76. The standard InChI is InChI=1S/C20H20F2N2O2/c1-12(2)14-5-3-4-6-17(14)24-19(26)20(9-10-20)18(25)23-13-7-8-15(21)16(22)11-13/h3-8,11-12H,9-10H2,1-2H3,(H,23,25)(H,24,26). The normalized spacial score (nSPS) is 14.8. The highest BCUT2D eigenvalue weighted by atomic mass is 19.2. The van der Waals surface area contributed by atoms with Crippen molar-refractivity contribution in [2.75, 3.05) is 10.6 Å². The lowest BCUT2D eigenvalue weighted by Crippen LogP contribution is -2.36. The van der Waals surface area contributed by atoms with Gasteiger partial charge in [0.2, 0.25) is 11.8 Å². The maximum Gasteiger partial charge on any atom is 0.240 e. The number of hydrogen-bond donors (Lipinski definition) is 2. The molecule has 1 saturated carbocycles. The van der Waals surface area contributed by atoms with Crippen molar-refractivity contribution in [3.8, 4) is 0 Å².